The number of carbonyl (C=O) groups excluding carboxylic acids is 1. The summed E-state index contributed by atoms with van der Waals surface area (Å²) in [6.07, 6.45) is 1.45. The molecule has 0 amide bonds. The van der Waals surface area contributed by atoms with Gasteiger partial charge in [0.2, 0.25) is 0 Å². The molecule has 0 aromatic heterocycles. The molecule has 0 aromatic rings. The molecule has 0 saturated carbocycles. The van der Waals surface area contributed by atoms with Gasteiger partial charge >= 0.3 is 0 Å². The molecule has 0 N–H and O–H groups in total. The van der Waals surface area contributed by atoms with E-state index in [0.29, 0.717) is 17.8 Å². The molecular formula is C12H22O2. The number of rotatable bonds is 3. The van der Waals surface area contributed by atoms with Gasteiger partial charge in [-0.1, -0.05) is 34.6 Å². The summed E-state index contributed by atoms with van der Waals surface area (Å²) < 4.78 is 5.97. The summed E-state index contributed by atoms with van der Waals surface area (Å²) in [6.45, 7) is 10.7. The first-order chi connectivity index (χ1) is 6.49. The highest BCUT2D eigenvalue weighted by Gasteiger charge is 2.43. The summed E-state index contributed by atoms with van der Waals surface area (Å²) in [5, 5.41) is 0. The molecule has 82 valence electrons. The smallest absolute Gasteiger partial charge is 0.126 e. The fourth-order valence-corrected chi connectivity index (χ4v) is 2.48. The summed E-state index contributed by atoms with van der Waals surface area (Å²) in [6, 6.07) is 0. The van der Waals surface area contributed by atoms with Gasteiger partial charge in [-0.15, -0.1) is 0 Å². The van der Waals surface area contributed by atoms with Crippen molar-refractivity contribution < 1.29 is 9.53 Å². The van der Waals surface area contributed by atoms with Crippen LogP contribution in [0.15, 0.2) is 0 Å². The van der Waals surface area contributed by atoms with Crippen LogP contribution in [0.4, 0.5) is 0 Å². The van der Waals surface area contributed by atoms with Crippen molar-refractivity contribution in [2.24, 2.45) is 23.7 Å². The molecule has 1 rings (SSSR count). The Morgan fingerprint density at radius 1 is 1.07 bits per heavy atom. The van der Waals surface area contributed by atoms with E-state index in [1.54, 1.807) is 0 Å². The van der Waals surface area contributed by atoms with E-state index < -0.39 is 0 Å². The summed E-state index contributed by atoms with van der Waals surface area (Å²) >= 11 is 0. The van der Waals surface area contributed by atoms with Gasteiger partial charge in [0.05, 0.1) is 12.2 Å². The molecule has 2 nitrogen and oxygen atoms in total. The molecule has 4 atom stereocenters. The molecule has 1 aliphatic heterocycles. The van der Waals surface area contributed by atoms with E-state index in [0.717, 1.165) is 6.29 Å². The van der Waals surface area contributed by atoms with E-state index in [4.69, 9.17) is 4.74 Å². The Morgan fingerprint density at radius 3 is 1.86 bits per heavy atom. The molecule has 0 spiro atoms. The first kappa shape index (κ1) is 11.7. The van der Waals surface area contributed by atoms with Crippen molar-refractivity contribution in [2.45, 2.75) is 46.8 Å². The average molecular weight is 198 g/mol. The van der Waals surface area contributed by atoms with Crippen molar-refractivity contribution in [1.82, 2.24) is 0 Å². The molecule has 0 bridgehead atoms. The molecule has 1 saturated heterocycles. The third-order valence-electron chi connectivity index (χ3n) is 3.29. The highest BCUT2D eigenvalue weighted by atomic mass is 16.5. The lowest BCUT2D eigenvalue weighted by atomic mass is 9.83. The minimum atomic E-state index is 0.0856. The second kappa shape index (κ2) is 4.43. The van der Waals surface area contributed by atoms with Crippen molar-refractivity contribution >= 4 is 6.29 Å². The molecule has 0 aliphatic carbocycles. The van der Waals surface area contributed by atoms with E-state index in [9.17, 15) is 4.79 Å². The van der Waals surface area contributed by atoms with Crippen LogP contribution in [0.3, 0.4) is 0 Å². The first-order valence-electron chi connectivity index (χ1n) is 5.59. The van der Waals surface area contributed by atoms with E-state index in [2.05, 4.69) is 34.6 Å². The van der Waals surface area contributed by atoms with Gasteiger partial charge in [0.15, 0.2) is 0 Å². The lowest BCUT2D eigenvalue weighted by molar-refractivity contribution is -0.114. The normalized spacial score (nSPS) is 38.2. The second-order valence-electron chi connectivity index (χ2n) is 5.13. The Bertz CT molecular complexity index is 198. The maximum atomic E-state index is 11.0. The predicted octanol–water partition coefficient (Wildman–Crippen LogP) is 2.52. The Balaban J connectivity index is 2.78. The molecule has 0 aromatic carbocycles. The van der Waals surface area contributed by atoms with Gasteiger partial charge in [-0.05, 0) is 17.8 Å². The Labute approximate surface area is 87.0 Å². The summed E-state index contributed by atoms with van der Waals surface area (Å²) in [5.74, 6) is 1.37. The molecular weight excluding hydrogens is 176 g/mol. The number of hydrogen-bond donors (Lipinski definition) is 0. The zero-order chi connectivity index (χ0) is 10.9. The third-order valence-corrected chi connectivity index (χ3v) is 3.29. The Kier molecular flexibility index (Phi) is 3.71. The summed E-state index contributed by atoms with van der Waals surface area (Å²) in [7, 11) is 0. The minimum Gasteiger partial charge on any atom is -0.373 e. The zero-order valence-corrected chi connectivity index (χ0v) is 9.86. The van der Waals surface area contributed by atoms with Crippen molar-refractivity contribution in [3.63, 3.8) is 0 Å². The van der Waals surface area contributed by atoms with Gasteiger partial charge in [0.25, 0.3) is 0 Å². The van der Waals surface area contributed by atoms with Crippen LogP contribution in [0.25, 0.3) is 0 Å². The summed E-state index contributed by atoms with van der Waals surface area (Å²) in [5.41, 5.74) is 0. The van der Waals surface area contributed by atoms with Crippen LogP contribution in [0.2, 0.25) is 0 Å². The highest BCUT2D eigenvalue weighted by Crippen LogP contribution is 2.37. The summed E-state index contributed by atoms with van der Waals surface area (Å²) in [4.78, 5) is 11.0. The fraction of sp³-hybridized carbons (Fsp3) is 0.917. The number of ether oxygens (including phenoxy) is 1. The van der Waals surface area contributed by atoms with Gasteiger partial charge in [0, 0.05) is 5.92 Å². The molecule has 0 radical (unpaired) electrons. The standard InChI is InChI=1S/C12H22O2/c1-7(2)11-9(5)10(6-13)12(14-11)8(3)4/h6-12H,1-5H3. The Morgan fingerprint density at radius 2 is 1.57 bits per heavy atom. The Hall–Kier alpha value is -0.370. The quantitative estimate of drug-likeness (QED) is 0.651. The van der Waals surface area contributed by atoms with Crippen LogP contribution < -0.4 is 0 Å². The first-order valence-corrected chi connectivity index (χ1v) is 5.59. The molecule has 1 fully saturated rings. The molecule has 1 heterocycles. The number of aldehydes is 1. The van der Waals surface area contributed by atoms with E-state index >= 15 is 0 Å². The monoisotopic (exact) mass is 198 g/mol. The van der Waals surface area contributed by atoms with Crippen molar-refractivity contribution in [2.75, 3.05) is 0 Å². The minimum absolute atomic E-state index is 0.0856. The van der Waals surface area contributed by atoms with Gasteiger partial charge in [0.1, 0.15) is 6.29 Å². The second-order valence-corrected chi connectivity index (χ2v) is 5.13. The largest absolute Gasteiger partial charge is 0.373 e. The molecule has 2 heteroatoms. The van der Waals surface area contributed by atoms with Crippen LogP contribution in [0, 0.1) is 23.7 Å². The van der Waals surface area contributed by atoms with Crippen molar-refractivity contribution in [3.05, 3.63) is 0 Å². The van der Waals surface area contributed by atoms with Gasteiger partial charge in [-0.25, -0.2) is 0 Å². The molecule has 1 aliphatic rings. The van der Waals surface area contributed by atoms with Crippen LogP contribution in [-0.2, 0) is 9.53 Å². The SMILES string of the molecule is CC(C)C1OC(C(C)C)C(C=O)C1C. The van der Waals surface area contributed by atoms with E-state index in [1.807, 2.05) is 0 Å². The van der Waals surface area contributed by atoms with Crippen LogP contribution in [0.5, 0.6) is 0 Å². The van der Waals surface area contributed by atoms with E-state index in [1.165, 1.54) is 0 Å². The van der Waals surface area contributed by atoms with Crippen LogP contribution >= 0.6 is 0 Å². The van der Waals surface area contributed by atoms with Gasteiger partial charge in [-0.3, -0.25) is 0 Å². The lowest BCUT2D eigenvalue weighted by Crippen LogP contribution is -2.25. The number of hydrogen-bond acceptors (Lipinski definition) is 2. The van der Waals surface area contributed by atoms with Gasteiger partial charge < -0.3 is 9.53 Å². The van der Waals surface area contributed by atoms with Gasteiger partial charge in [-0.2, -0.15) is 0 Å². The van der Waals surface area contributed by atoms with Crippen LogP contribution in [0.1, 0.15) is 34.6 Å². The molecule has 14 heavy (non-hydrogen) atoms. The zero-order valence-electron chi connectivity index (χ0n) is 9.86. The van der Waals surface area contributed by atoms with Crippen molar-refractivity contribution in [3.8, 4) is 0 Å². The lowest BCUT2D eigenvalue weighted by Gasteiger charge is -2.20. The maximum absolute atomic E-state index is 11.0. The average Bonchev–Trinajstić information content (AvgIpc) is 2.42. The fourth-order valence-electron chi connectivity index (χ4n) is 2.48. The number of carbonyl (C=O) groups is 1. The van der Waals surface area contributed by atoms with E-state index in [-0.39, 0.29) is 18.1 Å². The third kappa shape index (κ3) is 2.00. The predicted molar refractivity (Wildman–Crippen MR) is 57.1 cm³/mol. The van der Waals surface area contributed by atoms with Crippen LogP contribution in [-0.4, -0.2) is 18.5 Å². The topological polar surface area (TPSA) is 26.3 Å². The highest BCUT2D eigenvalue weighted by molar-refractivity contribution is 5.56. The maximum Gasteiger partial charge on any atom is 0.126 e. The van der Waals surface area contributed by atoms with Crippen molar-refractivity contribution in [1.29, 1.82) is 0 Å². The molecule has 4 unspecified atom stereocenters.